The summed E-state index contributed by atoms with van der Waals surface area (Å²) in [5, 5.41) is 0. The van der Waals surface area contributed by atoms with Gasteiger partial charge in [-0.3, -0.25) is 4.79 Å². The molecule has 0 N–H and O–H groups in total. The van der Waals surface area contributed by atoms with Gasteiger partial charge in [0.15, 0.2) is 17.3 Å². The monoisotopic (exact) mass is 212 g/mol. The molecule has 1 aromatic carbocycles. The van der Waals surface area contributed by atoms with E-state index in [1.807, 2.05) is 0 Å². The van der Waals surface area contributed by atoms with Gasteiger partial charge in [0.05, 0.1) is 14.2 Å². The third-order valence-electron chi connectivity index (χ3n) is 2.00. The quantitative estimate of drug-likeness (QED) is 0.765. The van der Waals surface area contributed by atoms with Gasteiger partial charge in [-0.05, 0) is 18.6 Å². The van der Waals surface area contributed by atoms with Gasteiger partial charge in [-0.15, -0.1) is 0 Å². The van der Waals surface area contributed by atoms with Gasteiger partial charge in [-0.1, -0.05) is 6.07 Å². The minimum Gasteiger partial charge on any atom is -0.493 e. The van der Waals surface area contributed by atoms with Crippen LogP contribution in [0.15, 0.2) is 12.1 Å². The van der Waals surface area contributed by atoms with Crippen LogP contribution in [0.25, 0.3) is 0 Å². The predicted octanol–water partition coefficient (Wildman–Crippen LogP) is 1.97. The first kappa shape index (κ1) is 11.5. The van der Waals surface area contributed by atoms with E-state index in [0.29, 0.717) is 11.3 Å². The van der Waals surface area contributed by atoms with E-state index in [9.17, 15) is 9.18 Å². The second-order valence-corrected chi connectivity index (χ2v) is 3.15. The highest BCUT2D eigenvalue weighted by atomic mass is 19.1. The van der Waals surface area contributed by atoms with Gasteiger partial charge < -0.3 is 9.47 Å². The maximum atomic E-state index is 13.7. The Morgan fingerprint density at radius 2 is 2.00 bits per heavy atom. The molecule has 0 bridgehead atoms. The van der Waals surface area contributed by atoms with Crippen LogP contribution >= 0.6 is 0 Å². The maximum absolute atomic E-state index is 13.7. The molecule has 0 unspecified atom stereocenters. The molecule has 3 nitrogen and oxygen atoms in total. The Labute approximate surface area is 87.8 Å². The summed E-state index contributed by atoms with van der Waals surface area (Å²) in [4.78, 5) is 10.9. The summed E-state index contributed by atoms with van der Waals surface area (Å²) in [6.45, 7) is 1.41. The van der Waals surface area contributed by atoms with E-state index < -0.39 is 5.82 Å². The Balaban J connectivity index is 3.16. The van der Waals surface area contributed by atoms with Crippen molar-refractivity contribution in [3.63, 3.8) is 0 Å². The number of halogens is 1. The maximum Gasteiger partial charge on any atom is 0.197 e. The van der Waals surface area contributed by atoms with Gasteiger partial charge in [0.1, 0.15) is 5.78 Å². The molecule has 0 saturated heterocycles. The van der Waals surface area contributed by atoms with E-state index in [1.165, 1.54) is 27.2 Å². The number of benzene rings is 1. The largest absolute Gasteiger partial charge is 0.493 e. The second-order valence-electron chi connectivity index (χ2n) is 3.15. The summed E-state index contributed by atoms with van der Waals surface area (Å²) in [5.74, 6) is -0.272. The van der Waals surface area contributed by atoms with Crippen LogP contribution in [-0.4, -0.2) is 20.0 Å². The molecule has 0 aromatic heterocycles. The molecular weight excluding hydrogens is 199 g/mol. The van der Waals surface area contributed by atoms with Gasteiger partial charge in [0, 0.05) is 6.42 Å². The van der Waals surface area contributed by atoms with Crippen molar-refractivity contribution in [3.05, 3.63) is 23.5 Å². The highest BCUT2D eigenvalue weighted by Crippen LogP contribution is 2.32. The fraction of sp³-hybridized carbons (Fsp3) is 0.364. The number of carbonyl (C=O) groups is 1. The number of rotatable bonds is 4. The van der Waals surface area contributed by atoms with E-state index in [2.05, 4.69) is 0 Å². The Bertz CT molecular complexity index is 374. The zero-order valence-electron chi connectivity index (χ0n) is 8.96. The standard InChI is InChI=1S/C11H13FO3/c1-7(13)6-8-4-5-9(14-2)11(15-3)10(8)12/h4-5H,6H2,1-3H3. The second kappa shape index (κ2) is 4.77. The average Bonchev–Trinajstić information content (AvgIpc) is 2.20. The van der Waals surface area contributed by atoms with Crippen LogP contribution in [0.2, 0.25) is 0 Å². The molecule has 0 spiro atoms. The summed E-state index contributed by atoms with van der Waals surface area (Å²) in [7, 11) is 2.79. The Morgan fingerprint density at radius 3 is 2.47 bits per heavy atom. The lowest BCUT2D eigenvalue weighted by Gasteiger charge is -2.10. The molecule has 82 valence electrons. The van der Waals surface area contributed by atoms with E-state index in [1.54, 1.807) is 6.07 Å². The summed E-state index contributed by atoms with van der Waals surface area (Å²) in [6.07, 6.45) is 0.0617. The predicted molar refractivity (Wildman–Crippen MR) is 53.9 cm³/mol. The topological polar surface area (TPSA) is 35.5 Å². The van der Waals surface area contributed by atoms with Crippen molar-refractivity contribution in [2.24, 2.45) is 0 Å². The van der Waals surface area contributed by atoms with Crippen LogP contribution < -0.4 is 9.47 Å². The Morgan fingerprint density at radius 1 is 1.33 bits per heavy atom. The summed E-state index contributed by atoms with van der Waals surface area (Å²) in [5.41, 5.74) is 0.320. The van der Waals surface area contributed by atoms with Crippen molar-refractivity contribution in [1.82, 2.24) is 0 Å². The van der Waals surface area contributed by atoms with E-state index in [0.717, 1.165) is 0 Å². The number of hydrogen-bond acceptors (Lipinski definition) is 3. The highest BCUT2D eigenvalue weighted by Gasteiger charge is 2.15. The van der Waals surface area contributed by atoms with Gasteiger partial charge in [0.2, 0.25) is 0 Å². The summed E-state index contributed by atoms with van der Waals surface area (Å²) < 4.78 is 23.5. The minimum absolute atomic E-state index is 0.0382. The summed E-state index contributed by atoms with van der Waals surface area (Å²) >= 11 is 0. The lowest BCUT2D eigenvalue weighted by molar-refractivity contribution is -0.116. The Hall–Kier alpha value is -1.58. The first-order chi connectivity index (χ1) is 7.10. The number of ether oxygens (including phenoxy) is 2. The van der Waals surface area contributed by atoms with Crippen molar-refractivity contribution >= 4 is 5.78 Å². The zero-order valence-corrected chi connectivity index (χ0v) is 8.96. The number of methoxy groups -OCH3 is 2. The van der Waals surface area contributed by atoms with Crippen LogP contribution in [0, 0.1) is 5.82 Å². The number of carbonyl (C=O) groups excluding carboxylic acids is 1. The first-order valence-corrected chi connectivity index (χ1v) is 4.49. The van der Waals surface area contributed by atoms with Crippen molar-refractivity contribution in [3.8, 4) is 11.5 Å². The zero-order chi connectivity index (χ0) is 11.4. The first-order valence-electron chi connectivity index (χ1n) is 4.49. The molecule has 0 heterocycles. The molecule has 0 saturated carbocycles. The third-order valence-corrected chi connectivity index (χ3v) is 2.00. The molecular formula is C11H13FO3. The number of ketones is 1. The smallest absolute Gasteiger partial charge is 0.197 e. The van der Waals surface area contributed by atoms with Gasteiger partial charge >= 0.3 is 0 Å². The lowest BCUT2D eigenvalue weighted by Crippen LogP contribution is -2.02. The Kier molecular flexibility index (Phi) is 3.66. The van der Waals surface area contributed by atoms with Crippen LogP contribution in [-0.2, 0) is 11.2 Å². The van der Waals surface area contributed by atoms with Crippen LogP contribution in [0.3, 0.4) is 0 Å². The van der Waals surface area contributed by atoms with E-state index in [4.69, 9.17) is 9.47 Å². The summed E-state index contributed by atoms with van der Waals surface area (Å²) in [6, 6.07) is 3.11. The molecule has 0 aliphatic heterocycles. The van der Waals surface area contributed by atoms with Crippen molar-refractivity contribution in [1.29, 1.82) is 0 Å². The van der Waals surface area contributed by atoms with Crippen LogP contribution in [0.1, 0.15) is 12.5 Å². The third kappa shape index (κ3) is 2.46. The van der Waals surface area contributed by atoms with E-state index in [-0.39, 0.29) is 18.0 Å². The molecule has 0 amide bonds. The molecule has 0 fully saturated rings. The number of Topliss-reactive ketones (excluding diaryl/α,β-unsaturated/α-hetero) is 1. The normalized spacial score (nSPS) is 9.87. The fourth-order valence-corrected chi connectivity index (χ4v) is 1.33. The van der Waals surface area contributed by atoms with Crippen LogP contribution in [0.4, 0.5) is 4.39 Å². The molecule has 1 aromatic rings. The molecule has 0 aliphatic rings. The van der Waals surface area contributed by atoms with Crippen molar-refractivity contribution in [2.45, 2.75) is 13.3 Å². The van der Waals surface area contributed by atoms with Gasteiger partial charge in [-0.25, -0.2) is 4.39 Å². The van der Waals surface area contributed by atoms with Crippen LogP contribution in [0.5, 0.6) is 11.5 Å². The molecule has 0 radical (unpaired) electrons. The highest BCUT2D eigenvalue weighted by molar-refractivity contribution is 5.78. The minimum atomic E-state index is -0.535. The molecule has 0 atom stereocenters. The van der Waals surface area contributed by atoms with E-state index >= 15 is 0 Å². The average molecular weight is 212 g/mol. The number of hydrogen-bond donors (Lipinski definition) is 0. The van der Waals surface area contributed by atoms with Gasteiger partial charge in [-0.2, -0.15) is 0 Å². The van der Waals surface area contributed by atoms with Gasteiger partial charge in [0.25, 0.3) is 0 Å². The lowest BCUT2D eigenvalue weighted by atomic mass is 10.1. The molecule has 15 heavy (non-hydrogen) atoms. The van der Waals surface area contributed by atoms with Crippen molar-refractivity contribution in [2.75, 3.05) is 14.2 Å². The molecule has 0 aliphatic carbocycles. The SMILES string of the molecule is COc1ccc(CC(C)=O)c(F)c1OC. The molecule has 4 heteroatoms. The fourth-order valence-electron chi connectivity index (χ4n) is 1.33. The molecule has 1 rings (SSSR count). The van der Waals surface area contributed by atoms with Crippen molar-refractivity contribution < 1.29 is 18.7 Å².